The zero-order chi connectivity index (χ0) is 12.4. The molecule has 0 heterocycles. The summed E-state index contributed by atoms with van der Waals surface area (Å²) in [5, 5.41) is 0. The van der Waals surface area contributed by atoms with Crippen LogP contribution < -0.4 is 0 Å². The van der Waals surface area contributed by atoms with Crippen LogP contribution in [-0.2, 0) is 9.47 Å². The minimum Gasteiger partial charge on any atom is -0.382 e. The molecule has 0 radical (unpaired) electrons. The summed E-state index contributed by atoms with van der Waals surface area (Å²) < 4.78 is 10.3. The third-order valence-corrected chi connectivity index (χ3v) is 4.22. The summed E-state index contributed by atoms with van der Waals surface area (Å²) in [7, 11) is 1.67. The van der Waals surface area contributed by atoms with Gasteiger partial charge in [0.05, 0.1) is 13.2 Å². The molecule has 4 heteroatoms. The molecular formula is C12H24Cl2O2. The summed E-state index contributed by atoms with van der Waals surface area (Å²) >= 11 is 12.1. The predicted octanol–water partition coefficient (Wildman–Crippen LogP) is 3.55. The van der Waals surface area contributed by atoms with E-state index in [1.165, 1.54) is 0 Å². The van der Waals surface area contributed by atoms with Crippen LogP contribution in [0.1, 0.15) is 26.7 Å². The molecule has 0 unspecified atom stereocenters. The first kappa shape index (κ1) is 16.5. The van der Waals surface area contributed by atoms with Crippen molar-refractivity contribution in [1.29, 1.82) is 0 Å². The van der Waals surface area contributed by atoms with Crippen LogP contribution in [0.15, 0.2) is 0 Å². The van der Waals surface area contributed by atoms with Crippen LogP contribution in [0.4, 0.5) is 0 Å². The van der Waals surface area contributed by atoms with E-state index in [9.17, 15) is 0 Å². The summed E-state index contributed by atoms with van der Waals surface area (Å²) in [6.45, 7) is 6.42. The van der Waals surface area contributed by atoms with Crippen molar-refractivity contribution in [3.8, 4) is 0 Å². The van der Waals surface area contributed by atoms with E-state index in [1.807, 2.05) is 0 Å². The normalized spacial score (nSPS) is 12.4. The van der Waals surface area contributed by atoms with Crippen LogP contribution in [0.25, 0.3) is 0 Å². The molecule has 0 aliphatic carbocycles. The summed E-state index contributed by atoms with van der Waals surface area (Å²) in [5.74, 6) is 1.74. The number of hydrogen-bond acceptors (Lipinski definition) is 2. The van der Waals surface area contributed by atoms with E-state index in [0.717, 1.165) is 19.4 Å². The first-order chi connectivity index (χ1) is 7.63. The highest BCUT2D eigenvalue weighted by atomic mass is 35.5. The van der Waals surface area contributed by atoms with E-state index in [-0.39, 0.29) is 5.41 Å². The van der Waals surface area contributed by atoms with Crippen molar-refractivity contribution >= 4 is 23.2 Å². The molecule has 0 saturated heterocycles. The fourth-order valence-corrected chi connectivity index (χ4v) is 2.71. The van der Waals surface area contributed by atoms with Gasteiger partial charge in [-0.2, -0.15) is 0 Å². The number of rotatable bonds is 10. The third-order valence-electron chi connectivity index (χ3n) is 3.15. The van der Waals surface area contributed by atoms with Crippen molar-refractivity contribution < 1.29 is 9.47 Å². The summed E-state index contributed by atoms with van der Waals surface area (Å²) in [6.07, 6.45) is 2.02. The van der Waals surface area contributed by atoms with Crippen LogP contribution in [0, 0.1) is 11.3 Å². The molecule has 0 aromatic heterocycles. The maximum atomic E-state index is 6.04. The molecule has 0 saturated carbocycles. The molecule has 98 valence electrons. The lowest BCUT2D eigenvalue weighted by atomic mass is 9.77. The maximum absolute atomic E-state index is 6.04. The van der Waals surface area contributed by atoms with Crippen LogP contribution in [0.2, 0.25) is 0 Å². The van der Waals surface area contributed by atoms with Gasteiger partial charge in [0.2, 0.25) is 0 Å². The monoisotopic (exact) mass is 270 g/mol. The lowest BCUT2D eigenvalue weighted by Crippen LogP contribution is -2.31. The fourth-order valence-electron chi connectivity index (χ4n) is 1.54. The Kier molecular flexibility index (Phi) is 9.82. The lowest BCUT2D eigenvalue weighted by Gasteiger charge is -2.33. The van der Waals surface area contributed by atoms with Crippen molar-refractivity contribution in [3.05, 3.63) is 0 Å². The Balaban J connectivity index is 3.77. The van der Waals surface area contributed by atoms with Gasteiger partial charge in [-0.1, -0.05) is 13.8 Å². The van der Waals surface area contributed by atoms with E-state index in [1.54, 1.807) is 7.11 Å². The number of hydrogen-bond donors (Lipinski definition) is 0. The summed E-state index contributed by atoms with van der Waals surface area (Å²) in [4.78, 5) is 0. The Morgan fingerprint density at radius 2 is 1.69 bits per heavy atom. The van der Waals surface area contributed by atoms with Gasteiger partial charge in [0.15, 0.2) is 0 Å². The Morgan fingerprint density at radius 3 is 2.12 bits per heavy atom. The average Bonchev–Trinajstić information content (AvgIpc) is 2.28. The first-order valence-corrected chi connectivity index (χ1v) is 6.88. The number of halogens is 2. The van der Waals surface area contributed by atoms with Crippen molar-refractivity contribution in [2.24, 2.45) is 11.3 Å². The van der Waals surface area contributed by atoms with E-state index in [4.69, 9.17) is 32.7 Å². The van der Waals surface area contributed by atoms with E-state index < -0.39 is 0 Å². The molecular weight excluding hydrogens is 247 g/mol. The second-order valence-corrected chi connectivity index (χ2v) is 5.03. The zero-order valence-electron chi connectivity index (χ0n) is 10.6. The standard InChI is InChI=1S/C12H24Cl2O2/c1-11(2)12(9-13,10-14)5-4-6-16-8-7-15-3/h11H,4-10H2,1-3H3. The Morgan fingerprint density at radius 1 is 1.06 bits per heavy atom. The van der Waals surface area contributed by atoms with Crippen LogP contribution in [0.5, 0.6) is 0 Å². The number of methoxy groups -OCH3 is 1. The SMILES string of the molecule is COCCOCCCC(CCl)(CCl)C(C)C. The minimum absolute atomic E-state index is 0.0493. The van der Waals surface area contributed by atoms with Crippen LogP contribution in [0.3, 0.4) is 0 Å². The molecule has 0 aromatic rings. The zero-order valence-corrected chi connectivity index (χ0v) is 12.1. The van der Waals surface area contributed by atoms with Crippen LogP contribution >= 0.6 is 23.2 Å². The van der Waals surface area contributed by atoms with Gasteiger partial charge in [-0.05, 0) is 24.2 Å². The molecule has 0 aliphatic rings. The molecule has 0 rings (SSSR count). The largest absolute Gasteiger partial charge is 0.382 e. The van der Waals surface area contributed by atoms with Crippen LogP contribution in [-0.4, -0.2) is 38.7 Å². The number of alkyl halides is 2. The van der Waals surface area contributed by atoms with Gasteiger partial charge in [-0.25, -0.2) is 0 Å². The molecule has 0 aromatic carbocycles. The summed E-state index contributed by atoms with van der Waals surface area (Å²) in [6, 6.07) is 0. The highest BCUT2D eigenvalue weighted by Crippen LogP contribution is 2.35. The van der Waals surface area contributed by atoms with Crippen molar-refractivity contribution in [2.75, 3.05) is 38.7 Å². The van der Waals surface area contributed by atoms with Crippen molar-refractivity contribution in [2.45, 2.75) is 26.7 Å². The minimum atomic E-state index is 0.0493. The van der Waals surface area contributed by atoms with E-state index >= 15 is 0 Å². The van der Waals surface area contributed by atoms with Gasteiger partial charge in [-0.15, -0.1) is 23.2 Å². The average molecular weight is 271 g/mol. The van der Waals surface area contributed by atoms with Gasteiger partial charge in [0, 0.05) is 25.5 Å². The summed E-state index contributed by atoms with van der Waals surface area (Å²) in [5.41, 5.74) is 0.0493. The fraction of sp³-hybridized carbons (Fsp3) is 1.00. The molecule has 0 N–H and O–H groups in total. The van der Waals surface area contributed by atoms with E-state index in [2.05, 4.69) is 13.8 Å². The second-order valence-electron chi connectivity index (χ2n) is 4.49. The third kappa shape index (κ3) is 5.72. The lowest BCUT2D eigenvalue weighted by molar-refractivity contribution is 0.0629. The Bertz CT molecular complexity index is 159. The van der Waals surface area contributed by atoms with E-state index in [0.29, 0.717) is 30.9 Å². The van der Waals surface area contributed by atoms with Gasteiger partial charge in [0.1, 0.15) is 0 Å². The topological polar surface area (TPSA) is 18.5 Å². The quantitative estimate of drug-likeness (QED) is 0.447. The maximum Gasteiger partial charge on any atom is 0.0700 e. The highest BCUT2D eigenvalue weighted by Gasteiger charge is 2.31. The molecule has 0 bridgehead atoms. The molecule has 0 amide bonds. The first-order valence-electron chi connectivity index (χ1n) is 5.81. The van der Waals surface area contributed by atoms with Crippen molar-refractivity contribution in [1.82, 2.24) is 0 Å². The molecule has 2 nitrogen and oxygen atoms in total. The van der Waals surface area contributed by atoms with Crippen molar-refractivity contribution in [3.63, 3.8) is 0 Å². The molecule has 0 fully saturated rings. The molecule has 0 spiro atoms. The Labute approximate surface area is 110 Å². The predicted molar refractivity (Wildman–Crippen MR) is 70.6 cm³/mol. The number of ether oxygens (including phenoxy) is 2. The Hall–Kier alpha value is 0.500. The molecule has 0 atom stereocenters. The smallest absolute Gasteiger partial charge is 0.0700 e. The van der Waals surface area contributed by atoms with Gasteiger partial charge < -0.3 is 9.47 Å². The van der Waals surface area contributed by atoms with Gasteiger partial charge >= 0.3 is 0 Å². The molecule has 0 aliphatic heterocycles. The second kappa shape index (κ2) is 9.52. The highest BCUT2D eigenvalue weighted by molar-refractivity contribution is 6.21. The molecule has 16 heavy (non-hydrogen) atoms. The van der Waals surface area contributed by atoms with Gasteiger partial charge in [0.25, 0.3) is 0 Å². The van der Waals surface area contributed by atoms with Gasteiger partial charge in [-0.3, -0.25) is 0 Å².